The molecule has 0 bridgehead atoms. The highest BCUT2D eigenvalue weighted by Gasteiger charge is 2.28. The Kier molecular flexibility index (Phi) is 2.86. The number of fused-ring (bicyclic) bond motifs is 1. The maximum absolute atomic E-state index is 10.8. The Morgan fingerprint density at radius 1 is 1.67 bits per heavy atom. The minimum absolute atomic E-state index is 0.336. The normalized spacial score (nSPS) is 18.6. The zero-order chi connectivity index (χ0) is 10.8. The average molecular weight is 224 g/mol. The lowest BCUT2D eigenvalue weighted by molar-refractivity contribution is -0.136. The summed E-state index contributed by atoms with van der Waals surface area (Å²) >= 11 is 1.40. The van der Waals surface area contributed by atoms with Gasteiger partial charge in [0.1, 0.15) is 11.0 Å². The van der Waals surface area contributed by atoms with Crippen molar-refractivity contribution in [3.63, 3.8) is 0 Å². The van der Waals surface area contributed by atoms with Crippen molar-refractivity contribution in [3.8, 4) is 5.75 Å². The molecular formula is C11H12O3S. The molecule has 0 aromatic heterocycles. The summed E-state index contributed by atoms with van der Waals surface area (Å²) < 4.78 is 5.37. The Morgan fingerprint density at radius 3 is 3.13 bits per heavy atom. The van der Waals surface area contributed by atoms with E-state index in [0.29, 0.717) is 13.0 Å². The summed E-state index contributed by atoms with van der Waals surface area (Å²) in [4.78, 5) is 11.9. The summed E-state index contributed by atoms with van der Waals surface area (Å²) in [6.45, 7) is 2.56. The molecule has 80 valence electrons. The van der Waals surface area contributed by atoms with Gasteiger partial charge in [-0.25, -0.2) is 0 Å². The number of carboxylic acid groups (broad SMARTS) is 1. The molecular weight excluding hydrogens is 212 g/mol. The Balaban J connectivity index is 2.20. The van der Waals surface area contributed by atoms with Crippen LogP contribution >= 0.6 is 11.8 Å². The number of hydrogen-bond donors (Lipinski definition) is 1. The van der Waals surface area contributed by atoms with Crippen molar-refractivity contribution in [2.45, 2.75) is 23.5 Å². The quantitative estimate of drug-likeness (QED) is 0.854. The van der Waals surface area contributed by atoms with Crippen LogP contribution in [0.5, 0.6) is 5.75 Å². The van der Waals surface area contributed by atoms with Gasteiger partial charge in [0.2, 0.25) is 0 Å². The van der Waals surface area contributed by atoms with E-state index < -0.39 is 5.97 Å². The zero-order valence-corrected chi connectivity index (χ0v) is 9.21. The van der Waals surface area contributed by atoms with E-state index in [4.69, 9.17) is 9.84 Å². The maximum Gasteiger partial charge on any atom is 0.317 e. The van der Waals surface area contributed by atoms with Crippen LogP contribution in [0.1, 0.15) is 12.5 Å². The van der Waals surface area contributed by atoms with Gasteiger partial charge in [-0.1, -0.05) is 6.07 Å². The van der Waals surface area contributed by atoms with Crippen molar-refractivity contribution >= 4 is 17.7 Å². The third-order valence-electron chi connectivity index (χ3n) is 2.30. The number of carbonyl (C=O) groups is 1. The van der Waals surface area contributed by atoms with E-state index >= 15 is 0 Å². The molecule has 2 rings (SSSR count). The number of aliphatic carboxylic acids is 1. The van der Waals surface area contributed by atoms with Crippen molar-refractivity contribution in [2.24, 2.45) is 0 Å². The summed E-state index contributed by atoms with van der Waals surface area (Å²) in [6, 6.07) is 5.77. The minimum atomic E-state index is -0.742. The van der Waals surface area contributed by atoms with Gasteiger partial charge in [-0.2, -0.15) is 0 Å². The first kappa shape index (κ1) is 10.4. The van der Waals surface area contributed by atoms with Gasteiger partial charge < -0.3 is 9.84 Å². The number of ether oxygens (including phenoxy) is 1. The van der Waals surface area contributed by atoms with Crippen molar-refractivity contribution in [1.82, 2.24) is 0 Å². The summed E-state index contributed by atoms with van der Waals surface area (Å²) in [6.07, 6.45) is 0.613. The molecule has 3 nitrogen and oxygen atoms in total. The first-order valence-corrected chi connectivity index (χ1v) is 5.74. The van der Waals surface area contributed by atoms with E-state index in [9.17, 15) is 4.79 Å². The van der Waals surface area contributed by atoms with E-state index in [0.717, 1.165) is 16.2 Å². The van der Waals surface area contributed by atoms with E-state index in [1.165, 1.54) is 11.8 Å². The van der Waals surface area contributed by atoms with Crippen LogP contribution in [0, 0.1) is 0 Å². The molecule has 0 saturated carbocycles. The van der Waals surface area contributed by atoms with Gasteiger partial charge in [0.05, 0.1) is 6.61 Å². The third-order valence-corrected chi connectivity index (χ3v) is 3.59. The average Bonchev–Trinajstić information content (AvgIpc) is 2.61. The van der Waals surface area contributed by atoms with E-state index in [2.05, 4.69) is 0 Å². The lowest BCUT2D eigenvalue weighted by Gasteiger charge is -2.04. The zero-order valence-electron chi connectivity index (χ0n) is 8.40. The Labute approximate surface area is 92.4 Å². The monoisotopic (exact) mass is 224 g/mol. The van der Waals surface area contributed by atoms with Crippen LogP contribution in [0.15, 0.2) is 23.1 Å². The van der Waals surface area contributed by atoms with Crippen molar-refractivity contribution in [3.05, 3.63) is 23.8 Å². The largest absolute Gasteiger partial charge is 0.494 e. The number of carboxylic acids is 1. The smallest absolute Gasteiger partial charge is 0.317 e. The SMILES string of the molecule is CCOc1ccc2c(c1)SC(C(=O)O)C2. The van der Waals surface area contributed by atoms with Crippen LogP contribution in [0.2, 0.25) is 0 Å². The maximum atomic E-state index is 10.8. The Hall–Kier alpha value is -1.16. The van der Waals surface area contributed by atoms with Crippen LogP contribution in [0.3, 0.4) is 0 Å². The molecule has 0 saturated heterocycles. The van der Waals surface area contributed by atoms with Crippen LogP contribution in [-0.4, -0.2) is 22.9 Å². The molecule has 0 aliphatic carbocycles. The van der Waals surface area contributed by atoms with Crippen molar-refractivity contribution in [1.29, 1.82) is 0 Å². The van der Waals surface area contributed by atoms with Crippen LogP contribution < -0.4 is 4.74 Å². The minimum Gasteiger partial charge on any atom is -0.494 e. The molecule has 1 N–H and O–H groups in total. The van der Waals surface area contributed by atoms with E-state index in [1.54, 1.807) is 0 Å². The van der Waals surface area contributed by atoms with Crippen molar-refractivity contribution in [2.75, 3.05) is 6.61 Å². The molecule has 0 fully saturated rings. The summed E-state index contributed by atoms with van der Waals surface area (Å²) in [5, 5.41) is 8.57. The highest BCUT2D eigenvalue weighted by molar-refractivity contribution is 8.01. The van der Waals surface area contributed by atoms with Gasteiger partial charge in [0.15, 0.2) is 0 Å². The van der Waals surface area contributed by atoms with E-state index in [1.807, 2.05) is 25.1 Å². The molecule has 15 heavy (non-hydrogen) atoms. The van der Waals surface area contributed by atoms with E-state index in [-0.39, 0.29) is 5.25 Å². The topological polar surface area (TPSA) is 46.5 Å². The lowest BCUT2D eigenvalue weighted by atomic mass is 10.1. The van der Waals surface area contributed by atoms with Crippen LogP contribution in [0.25, 0.3) is 0 Å². The first-order chi connectivity index (χ1) is 7.20. The highest BCUT2D eigenvalue weighted by Crippen LogP contribution is 2.39. The second kappa shape index (κ2) is 4.14. The van der Waals surface area contributed by atoms with Crippen LogP contribution in [-0.2, 0) is 11.2 Å². The molecule has 4 heteroatoms. The molecule has 1 unspecified atom stereocenters. The second-order valence-electron chi connectivity index (χ2n) is 3.35. The number of rotatable bonds is 3. The van der Waals surface area contributed by atoms with Crippen LogP contribution in [0.4, 0.5) is 0 Å². The fraction of sp³-hybridized carbons (Fsp3) is 0.364. The molecule has 1 aliphatic rings. The fourth-order valence-corrected chi connectivity index (χ4v) is 2.76. The standard InChI is InChI=1S/C11H12O3S/c1-2-14-8-4-3-7-5-10(11(12)13)15-9(7)6-8/h3-4,6,10H,2,5H2,1H3,(H,12,13). The van der Waals surface area contributed by atoms with Gasteiger partial charge in [0, 0.05) is 4.90 Å². The van der Waals surface area contributed by atoms with Crippen molar-refractivity contribution < 1.29 is 14.6 Å². The molecule has 1 atom stereocenters. The highest BCUT2D eigenvalue weighted by atomic mass is 32.2. The predicted octanol–water partition coefficient (Wildman–Crippen LogP) is 2.19. The lowest BCUT2D eigenvalue weighted by Crippen LogP contribution is -2.14. The van der Waals surface area contributed by atoms with Gasteiger partial charge in [-0.3, -0.25) is 4.79 Å². The molecule has 1 aliphatic heterocycles. The summed E-state index contributed by atoms with van der Waals surface area (Å²) in [5.74, 6) is 0.0731. The summed E-state index contributed by atoms with van der Waals surface area (Å²) in [5.41, 5.74) is 1.11. The number of hydrogen-bond acceptors (Lipinski definition) is 3. The second-order valence-corrected chi connectivity index (χ2v) is 4.60. The molecule has 0 amide bonds. The van der Waals surface area contributed by atoms with Gasteiger partial charge in [0.25, 0.3) is 0 Å². The number of benzene rings is 1. The van der Waals surface area contributed by atoms with Gasteiger partial charge in [-0.15, -0.1) is 11.8 Å². The Morgan fingerprint density at radius 2 is 2.47 bits per heavy atom. The molecule has 0 radical (unpaired) electrons. The predicted molar refractivity (Wildman–Crippen MR) is 58.6 cm³/mol. The van der Waals surface area contributed by atoms with Gasteiger partial charge in [-0.05, 0) is 31.0 Å². The third kappa shape index (κ3) is 2.09. The fourth-order valence-electron chi connectivity index (χ4n) is 1.60. The summed E-state index contributed by atoms with van der Waals surface area (Å²) in [7, 11) is 0. The molecule has 0 spiro atoms. The first-order valence-electron chi connectivity index (χ1n) is 4.86. The molecule has 1 heterocycles. The molecule has 1 aromatic carbocycles. The Bertz CT molecular complexity index is 389. The van der Waals surface area contributed by atoms with Gasteiger partial charge >= 0.3 is 5.97 Å². The number of thioether (sulfide) groups is 1. The molecule has 1 aromatic rings.